The van der Waals surface area contributed by atoms with Crippen LogP contribution in [0, 0.1) is 10.1 Å². The van der Waals surface area contributed by atoms with E-state index < -0.39 is 4.92 Å². The van der Waals surface area contributed by atoms with Gasteiger partial charge in [-0.25, -0.2) is 0 Å². The fraction of sp³-hybridized carbons (Fsp3) is 0. The summed E-state index contributed by atoms with van der Waals surface area (Å²) in [5.41, 5.74) is 0.143. The van der Waals surface area contributed by atoms with Gasteiger partial charge in [0.15, 0.2) is 11.8 Å². The highest BCUT2D eigenvalue weighted by Crippen LogP contribution is 2.24. The van der Waals surface area contributed by atoms with Crippen LogP contribution < -0.4 is 0 Å². The fourth-order valence-corrected chi connectivity index (χ4v) is 1.20. The number of aromatic nitrogens is 3. The van der Waals surface area contributed by atoms with Crippen molar-refractivity contribution in [1.82, 2.24) is 15.4 Å². The average molecular weight is 192 g/mol. The Hall–Kier alpha value is -2.31. The predicted molar refractivity (Wildman–Crippen MR) is 45.9 cm³/mol. The number of rotatable bonds is 2. The monoisotopic (exact) mass is 192 g/mol. The van der Waals surface area contributed by atoms with E-state index in [9.17, 15) is 14.9 Å². The zero-order valence-corrected chi connectivity index (χ0v) is 6.80. The highest BCUT2D eigenvalue weighted by atomic mass is 16.6. The fourth-order valence-electron chi connectivity index (χ4n) is 1.20. The summed E-state index contributed by atoms with van der Waals surface area (Å²) in [4.78, 5) is 20.5. The second-order valence-electron chi connectivity index (χ2n) is 2.57. The number of aromatic amines is 1. The summed E-state index contributed by atoms with van der Waals surface area (Å²) in [6.45, 7) is 0. The molecule has 7 nitrogen and oxygen atoms in total. The van der Waals surface area contributed by atoms with Crippen molar-refractivity contribution in [2.24, 2.45) is 0 Å². The summed E-state index contributed by atoms with van der Waals surface area (Å²) in [7, 11) is 0. The molecule has 0 bridgehead atoms. The van der Waals surface area contributed by atoms with Crippen molar-refractivity contribution in [2.75, 3.05) is 0 Å². The first kappa shape index (κ1) is 8.30. The number of hydrogen-bond donors (Lipinski definition) is 1. The molecule has 0 unspecified atom stereocenters. The van der Waals surface area contributed by atoms with Crippen LogP contribution in [0.15, 0.2) is 12.1 Å². The number of carbonyl (C=O) groups is 1. The molecule has 1 aromatic carbocycles. The van der Waals surface area contributed by atoms with Crippen LogP contribution in [-0.2, 0) is 0 Å². The van der Waals surface area contributed by atoms with Gasteiger partial charge in [0.1, 0.15) is 5.52 Å². The topological polar surface area (TPSA) is 102 Å². The minimum absolute atomic E-state index is 0.00333. The Morgan fingerprint density at radius 3 is 2.86 bits per heavy atom. The Kier molecular flexibility index (Phi) is 1.70. The number of H-pyrrole nitrogens is 1. The summed E-state index contributed by atoms with van der Waals surface area (Å²) in [6, 6.07) is 2.84. The van der Waals surface area contributed by atoms with Gasteiger partial charge in [-0.15, -0.1) is 5.10 Å². The van der Waals surface area contributed by atoms with E-state index in [0.29, 0.717) is 11.8 Å². The van der Waals surface area contributed by atoms with Crippen LogP contribution in [-0.4, -0.2) is 26.6 Å². The number of hydrogen-bond acceptors (Lipinski definition) is 5. The number of carbonyl (C=O) groups excluding carboxylic acids is 1. The molecular formula is C7H4N4O3. The first-order valence-electron chi connectivity index (χ1n) is 3.67. The van der Waals surface area contributed by atoms with Crippen LogP contribution in [0.5, 0.6) is 0 Å². The van der Waals surface area contributed by atoms with Crippen molar-refractivity contribution in [3.8, 4) is 0 Å². The maximum Gasteiger partial charge on any atom is 0.309 e. The number of benzene rings is 1. The minimum Gasteiger partial charge on any atom is -0.298 e. The molecule has 1 aromatic heterocycles. The molecule has 0 aliphatic rings. The lowest BCUT2D eigenvalue weighted by atomic mass is 10.1. The van der Waals surface area contributed by atoms with Crippen LogP contribution in [0.25, 0.3) is 11.0 Å². The Bertz CT molecular complexity index is 519. The summed E-state index contributed by atoms with van der Waals surface area (Å²) in [6.07, 6.45) is 0.423. The van der Waals surface area contributed by atoms with Gasteiger partial charge < -0.3 is 0 Å². The largest absolute Gasteiger partial charge is 0.309 e. The van der Waals surface area contributed by atoms with Crippen LogP contribution in [0.1, 0.15) is 10.4 Å². The average Bonchev–Trinajstić information content (AvgIpc) is 2.62. The summed E-state index contributed by atoms with van der Waals surface area (Å²) in [5, 5.41) is 20.2. The second kappa shape index (κ2) is 2.87. The molecule has 0 saturated heterocycles. The molecule has 0 aliphatic heterocycles. The lowest BCUT2D eigenvalue weighted by molar-refractivity contribution is -0.383. The smallest absolute Gasteiger partial charge is 0.298 e. The molecule has 0 amide bonds. The molecule has 2 rings (SSSR count). The molecule has 70 valence electrons. The van der Waals surface area contributed by atoms with Gasteiger partial charge in [-0.3, -0.25) is 14.9 Å². The molecule has 0 atom stereocenters. The molecule has 7 heteroatoms. The molecule has 0 fully saturated rings. The molecule has 1 N–H and O–H groups in total. The standard InChI is InChI=1S/C7H4N4O3/c12-3-4-1-2-5-6(9-10-8-5)7(4)11(13)14/h1-3H,(H,8,9,10). The quantitative estimate of drug-likeness (QED) is 0.428. The molecule has 0 radical (unpaired) electrons. The first-order chi connectivity index (χ1) is 6.74. The van der Waals surface area contributed by atoms with E-state index in [4.69, 9.17) is 0 Å². The van der Waals surface area contributed by atoms with Crippen molar-refractivity contribution in [1.29, 1.82) is 0 Å². The second-order valence-corrected chi connectivity index (χ2v) is 2.57. The number of fused-ring (bicyclic) bond motifs is 1. The Balaban J connectivity index is 2.88. The number of nitrogens with zero attached hydrogens (tertiary/aromatic N) is 3. The van der Waals surface area contributed by atoms with Gasteiger partial charge in [-0.2, -0.15) is 10.3 Å². The lowest BCUT2D eigenvalue weighted by Crippen LogP contribution is -1.95. The Morgan fingerprint density at radius 1 is 1.43 bits per heavy atom. The van der Waals surface area contributed by atoms with Crippen LogP contribution in [0.4, 0.5) is 5.69 Å². The van der Waals surface area contributed by atoms with Crippen molar-refractivity contribution < 1.29 is 9.72 Å². The van der Waals surface area contributed by atoms with Gasteiger partial charge in [0, 0.05) is 0 Å². The number of nitro benzene ring substituents is 1. The first-order valence-corrected chi connectivity index (χ1v) is 3.67. The van der Waals surface area contributed by atoms with Gasteiger partial charge in [0.2, 0.25) is 0 Å². The van der Waals surface area contributed by atoms with E-state index in [0.717, 1.165) is 0 Å². The normalized spacial score (nSPS) is 10.3. The number of nitro groups is 1. The minimum atomic E-state index is -0.644. The highest BCUT2D eigenvalue weighted by molar-refractivity contribution is 5.94. The molecule has 0 spiro atoms. The lowest BCUT2D eigenvalue weighted by Gasteiger charge is -1.94. The van der Waals surface area contributed by atoms with Gasteiger partial charge in [-0.1, -0.05) is 0 Å². The maximum atomic E-state index is 10.7. The van der Waals surface area contributed by atoms with E-state index in [1.54, 1.807) is 0 Å². The van der Waals surface area contributed by atoms with Crippen molar-refractivity contribution in [3.05, 3.63) is 27.8 Å². The molecule has 0 aliphatic carbocycles. The van der Waals surface area contributed by atoms with Gasteiger partial charge >= 0.3 is 5.69 Å². The summed E-state index contributed by atoms with van der Waals surface area (Å²) in [5.74, 6) is 0. The summed E-state index contributed by atoms with van der Waals surface area (Å²) < 4.78 is 0. The maximum absolute atomic E-state index is 10.7. The zero-order valence-electron chi connectivity index (χ0n) is 6.80. The van der Waals surface area contributed by atoms with E-state index >= 15 is 0 Å². The molecule has 2 aromatic rings. The number of aldehydes is 1. The third-order valence-electron chi connectivity index (χ3n) is 1.80. The van der Waals surface area contributed by atoms with E-state index in [1.807, 2.05) is 0 Å². The van der Waals surface area contributed by atoms with E-state index in [-0.39, 0.29) is 16.8 Å². The Labute approximate surface area is 76.9 Å². The predicted octanol–water partition coefficient (Wildman–Crippen LogP) is 0.679. The zero-order chi connectivity index (χ0) is 10.1. The SMILES string of the molecule is O=Cc1ccc2n[nH]nc2c1[N+](=O)[O-]. The van der Waals surface area contributed by atoms with Gasteiger partial charge in [-0.05, 0) is 12.1 Å². The van der Waals surface area contributed by atoms with Crippen LogP contribution >= 0.6 is 0 Å². The molecule has 14 heavy (non-hydrogen) atoms. The Morgan fingerprint density at radius 2 is 2.21 bits per heavy atom. The van der Waals surface area contributed by atoms with Crippen LogP contribution in [0.3, 0.4) is 0 Å². The van der Waals surface area contributed by atoms with Gasteiger partial charge in [0.05, 0.1) is 10.5 Å². The van der Waals surface area contributed by atoms with E-state index in [2.05, 4.69) is 15.4 Å². The summed E-state index contributed by atoms with van der Waals surface area (Å²) >= 11 is 0. The van der Waals surface area contributed by atoms with Crippen LogP contribution in [0.2, 0.25) is 0 Å². The van der Waals surface area contributed by atoms with Crippen molar-refractivity contribution in [2.45, 2.75) is 0 Å². The van der Waals surface area contributed by atoms with E-state index in [1.165, 1.54) is 12.1 Å². The third-order valence-corrected chi connectivity index (χ3v) is 1.80. The number of nitrogens with one attached hydrogen (secondary N) is 1. The molecule has 1 heterocycles. The third kappa shape index (κ3) is 1.03. The molecular weight excluding hydrogens is 188 g/mol. The van der Waals surface area contributed by atoms with Crippen molar-refractivity contribution in [3.63, 3.8) is 0 Å². The molecule has 0 saturated carbocycles. The van der Waals surface area contributed by atoms with Gasteiger partial charge in [0.25, 0.3) is 0 Å². The highest BCUT2D eigenvalue weighted by Gasteiger charge is 2.20. The van der Waals surface area contributed by atoms with Crippen molar-refractivity contribution >= 4 is 23.0 Å².